The Balaban J connectivity index is 2.65. The number of rotatable bonds is 4. The number of carboxylic acids is 1. The normalized spacial score (nSPS) is 13.1. The Morgan fingerprint density at radius 1 is 1.79 bits per heavy atom. The highest BCUT2D eigenvalue weighted by Gasteiger charge is 2.15. The van der Waals surface area contributed by atoms with Gasteiger partial charge in [0, 0.05) is 20.8 Å². The SMILES string of the molecule is CC(c1cc(Br)cs1)N(C)CC(=O)O. The van der Waals surface area contributed by atoms with Crippen molar-refractivity contribution < 1.29 is 9.90 Å². The molecule has 1 unspecified atom stereocenters. The molecular formula is C9H12BrNO2S. The first-order valence-electron chi connectivity index (χ1n) is 4.16. The molecule has 0 saturated heterocycles. The Morgan fingerprint density at radius 2 is 2.43 bits per heavy atom. The average molecular weight is 278 g/mol. The number of halogens is 1. The van der Waals surface area contributed by atoms with Gasteiger partial charge in [-0.25, -0.2) is 0 Å². The second-order valence-corrected chi connectivity index (χ2v) is 5.01. The summed E-state index contributed by atoms with van der Waals surface area (Å²) < 4.78 is 1.05. The van der Waals surface area contributed by atoms with Crippen LogP contribution in [0.25, 0.3) is 0 Å². The van der Waals surface area contributed by atoms with Gasteiger partial charge in [0.2, 0.25) is 0 Å². The van der Waals surface area contributed by atoms with E-state index < -0.39 is 5.97 Å². The number of hydrogen-bond acceptors (Lipinski definition) is 3. The summed E-state index contributed by atoms with van der Waals surface area (Å²) in [5, 5.41) is 10.6. The van der Waals surface area contributed by atoms with Crippen molar-refractivity contribution in [1.82, 2.24) is 4.90 Å². The highest BCUT2D eigenvalue weighted by Crippen LogP contribution is 2.28. The van der Waals surface area contributed by atoms with Gasteiger partial charge >= 0.3 is 5.97 Å². The Bertz CT molecular complexity index is 326. The Morgan fingerprint density at radius 3 is 2.86 bits per heavy atom. The topological polar surface area (TPSA) is 40.5 Å². The third-order valence-corrected chi connectivity index (χ3v) is 3.91. The van der Waals surface area contributed by atoms with Gasteiger partial charge in [0.1, 0.15) is 0 Å². The van der Waals surface area contributed by atoms with Crippen molar-refractivity contribution in [2.24, 2.45) is 0 Å². The van der Waals surface area contributed by atoms with E-state index in [1.54, 1.807) is 16.2 Å². The lowest BCUT2D eigenvalue weighted by atomic mass is 10.2. The lowest BCUT2D eigenvalue weighted by Gasteiger charge is -2.21. The van der Waals surface area contributed by atoms with E-state index in [0.717, 1.165) is 4.47 Å². The maximum absolute atomic E-state index is 10.5. The smallest absolute Gasteiger partial charge is 0.317 e. The Hall–Kier alpha value is -0.390. The van der Waals surface area contributed by atoms with E-state index in [-0.39, 0.29) is 12.6 Å². The van der Waals surface area contributed by atoms with Crippen LogP contribution >= 0.6 is 27.3 Å². The van der Waals surface area contributed by atoms with Crippen LogP contribution in [0.15, 0.2) is 15.9 Å². The van der Waals surface area contributed by atoms with E-state index in [0.29, 0.717) is 0 Å². The van der Waals surface area contributed by atoms with Crippen LogP contribution in [0.3, 0.4) is 0 Å². The summed E-state index contributed by atoms with van der Waals surface area (Å²) in [5.74, 6) is -0.796. The fourth-order valence-corrected chi connectivity index (χ4v) is 2.68. The molecule has 0 aliphatic rings. The predicted octanol–water partition coefficient (Wildman–Crippen LogP) is 2.59. The molecule has 1 aromatic rings. The molecule has 0 aromatic carbocycles. The van der Waals surface area contributed by atoms with Crippen LogP contribution < -0.4 is 0 Å². The summed E-state index contributed by atoms with van der Waals surface area (Å²) in [6, 6.07) is 2.16. The van der Waals surface area contributed by atoms with Crippen LogP contribution in [-0.4, -0.2) is 29.6 Å². The third-order valence-electron chi connectivity index (χ3n) is 2.05. The Labute approximate surface area is 95.5 Å². The molecule has 1 N–H and O–H groups in total. The van der Waals surface area contributed by atoms with E-state index in [1.807, 2.05) is 25.4 Å². The van der Waals surface area contributed by atoms with Crippen molar-refractivity contribution in [3.05, 3.63) is 20.8 Å². The van der Waals surface area contributed by atoms with Gasteiger partial charge in [-0.2, -0.15) is 0 Å². The Kier molecular flexibility index (Phi) is 4.10. The summed E-state index contributed by atoms with van der Waals surface area (Å²) in [4.78, 5) is 13.5. The van der Waals surface area contributed by atoms with Crippen molar-refractivity contribution in [1.29, 1.82) is 0 Å². The highest BCUT2D eigenvalue weighted by molar-refractivity contribution is 9.10. The van der Waals surface area contributed by atoms with Crippen molar-refractivity contribution in [3.8, 4) is 0 Å². The first-order valence-corrected chi connectivity index (χ1v) is 5.84. The summed E-state index contributed by atoms with van der Waals surface area (Å²) in [5.41, 5.74) is 0. The van der Waals surface area contributed by atoms with Gasteiger partial charge in [0.15, 0.2) is 0 Å². The number of hydrogen-bond donors (Lipinski definition) is 1. The van der Waals surface area contributed by atoms with E-state index in [1.165, 1.54) is 4.88 Å². The first-order chi connectivity index (χ1) is 6.50. The highest BCUT2D eigenvalue weighted by atomic mass is 79.9. The minimum atomic E-state index is -0.796. The van der Waals surface area contributed by atoms with Crippen LogP contribution in [0.4, 0.5) is 0 Å². The molecule has 0 saturated carbocycles. The molecule has 0 bridgehead atoms. The molecule has 0 fully saturated rings. The lowest BCUT2D eigenvalue weighted by Crippen LogP contribution is -2.27. The maximum atomic E-state index is 10.5. The summed E-state index contributed by atoms with van der Waals surface area (Å²) in [6.45, 7) is 2.07. The molecule has 14 heavy (non-hydrogen) atoms. The van der Waals surface area contributed by atoms with E-state index in [9.17, 15) is 4.79 Å². The van der Waals surface area contributed by atoms with E-state index in [4.69, 9.17) is 5.11 Å². The number of likely N-dealkylation sites (N-methyl/N-ethyl adjacent to an activating group) is 1. The molecule has 0 aliphatic heterocycles. The van der Waals surface area contributed by atoms with E-state index in [2.05, 4.69) is 15.9 Å². The zero-order valence-electron chi connectivity index (χ0n) is 8.03. The molecule has 78 valence electrons. The van der Waals surface area contributed by atoms with Gasteiger partial charge in [-0.1, -0.05) is 0 Å². The number of nitrogens with zero attached hydrogens (tertiary/aromatic N) is 1. The minimum absolute atomic E-state index is 0.0662. The van der Waals surface area contributed by atoms with Crippen molar-refractivity contribution in [2.45, 2.75) is 13.0 Å². The molecule has 0 aliphatic carbocycles. The van der Waals surface area contributed by atoms with Gasteiger partial charge in [-0.3, -0.25) is 9.69 Å². The molecule has 1 aromatic heterocycles. The number of aliphatic carboxylic acids is 1. The summed E-state index contributed by atoms with van der Waals surface area (Å²) >= 11 is 5.01. The molecular weight excluding hydrogens is 266 g/mol. The van der Waals surface area contributed by atoms with Gasteiger partial charge in [0.25, 0.3) is 0 Å². The van der Waals surface area contributed by atoms with Gasteiger partial charge in [0.05, 0.1) is 6.54 Å². The molecule has 1 atom stereocenters. The molecule has 0 spiro atoms. The van der Waals surface area contributed by atoms with Crippen LogP contribution in [0, 0.1) is 0 Å². The largest absolute Gasteiger partial charge is 0.480 e. The van der Waals surface area contributed by atoms with Gasteiger partial charge < -0.3 is 5.11 Å². The van der Waals surface area contributed by atoms with E-state index >= 15 is 0 Å². The maximum Gasteiger partial charge on any atom is 0.317 e. The number of thiophene rings is 1. The molecule has 0 radical (unpaired) electrons. The van der Waals surface area contributed by atoms with Crippen molar-refractivity contribution in [2.75, 3.05) is 13.6 Å². The molecule has 1 heterocycles. The molecule has 3 nitrogen and oxygen atoms in total. The van der Waals surface area contributed by atoms with Crippen LogP contribution in [0.5, 0.6) is 0 Å². The number of carbonyl (C=O) groups is 1. The third kappa shape index (κ3) is 3.08. The fraction of sp³-hybridized carbons (Fsp3) is 0.444. The number of carboxylic acid groups (broad SMARTS) is 1. The fourth-order valence-electron chi connectivity index (χ4n) is 1.11. The summed E-state index contributed by atoms with van der Waals surface area (Å²) in [7, 11) is 1.81. The average Bonchev–Trinajstić information content (AvgIpc) is 2.49. The molecule has 1 rings (SSSR count). The molecule has 5 heteroatoms. The zero-order chi connectivity index (χ0) is 10.7. The standard InChI is InChI=1S/C9H12BrNO2S/c1-6(11(2)4-9(12)13)8-3-7(10)5-14-8/h3,5-6H,4H2,1-2H3,(H,12,13). The zero-order valence-corrected chi connectivity index (χ0v) is 10.4. The second-order valence-electron chi connectivity index (χ2n) is 3.15. The van der Waals surface area contributed by atoms with Crippen LogP contribution in [0.1, 0.15) is 17.8 Å². The van der Waals surface area contributed by atoms with Crippen molar-refractivity contribution >= 4 is 33.2 Å². The predicted molar refractivity (Wildman–Crippen MR) is 60.7 cm³/mol. The van der Waals surface area contributed by atoms with Gasteiger partial charge in [-0.15, -0.1) is 11.3 Å². The quantitative estimate of drug-likeness (QED) is 0.920. The lowest BCUT2D eigenvalue weighted by molar-refractivity contribution is -0.138. The van der Waals surface area contributed by atoms with Crippen LogP contribution in [-0.2, 0) is 4.79 Å². The first kappa shape index (κ1) is 11.7. The van der Waals surface area contributed by atoms with Gasteiger partial charge in [-0.05, 0) is 36.0 Å². The summed E-state index contributed by atoms with van der Waals surface area (Å²) in [6.07, 6.45) is 0. The van der Waals surface area contributed by atoms with Crippen molar-refractivity contribution in [3.63, 3.8) is 0 Å². The monoisotopic (exact) mass is 277 g/mol. The van der Waals surface area contributed by atoms with Crippen LogP contribution in [0.2, 0.25) is 0 Å². The molecule has 0 amide bonds. The minimum Gasteiger partial charge on any atom is -0.480 e. The second kappa shape index (κ2) is 4.91.